The van der Waals surface area contributed by atoms with E-state index in [1.165, 1.54) is 7.11 Å². The Balaban J connectivity index is 4.35. The summed E-state index contributed by atoms with van der Waals surface area (Å²) in [6, 6.07) is -0.524. The van der Waals surface area contributed by atoms with Crippen LogP contribution in [0.2, 0.25) is 0 Å². The van der Waals surface area contributed by atoms with E-state index in [1.807, 2.05) is 27.7 Å². The van der Waals surface area contributed by atoms with E-state index in [0.29, 0.717) is 12.3 Å². The number of esters is 1. The fourth-order valence-electron chi connectivity index (χ4n) is 1.39. The molecule has 0 saturated heterocycles. The third-order valence-electron chi connectivity index (χ3n) is 3.12. The normalized spacial score (nSPS) is 16.1. The second-order valence-corrected chi connectivity index (χ2v) is 4.17. The van der Waals surface area contributed by atoms with Crippen molar-refractivity contribution in [2.24, 2.45) is 11.8 Å². The van der Waals surface area contributed by atoms with Gasteiger partial charge in [0.1, 0.15) is 6.04 Å². The zero-order valence-corrected chi connectivity index (χ0v) is 10.9. The second-order valence-electron chi connectivity index (χ2n) is 4.17. The van der Waals surface area contributed by atoms with Gasteiger partial charge in [0.25, 0.3) is 0 Å². The SMILES string of the molecule is CCC(NC(=O)[C@@H](C)C(C)CC)C(=O)OC. The molecular formula is C12H23NO3. The number of carbonyl (C=O) groups is 2. The molecule has 1 N–H and O–H groups in total. The van der Waals surface area contributed by atoms with Gasteiger partial charge in [-0.3, -0.25) is 4.79 Å². The van der Waals surface area contributed by atoms with Crippen LogP contribution in [-0.2, 0) is 14.3 Å². The molecule has 0 radical (unpaired) electrons. The number of methoxy groups -OCH3 is 1. The first-order valence-corrected chi connectivity index (χ1v) is 5.86. The third-order valence-corrected chi connectivity index (χ3v) is 3.12. The van der Waals surface area contributed by atoms with Crippen LogP contribution in [0.1, 0.15) is 40.5 Å². The molecule has 3 atom stereocenters. The summed E-state index contributed by atoms with van der Waals surface area (Å²) in [5, 5.41) is 2.72. The van der Waals surface area contributed by atoms with Gasteiger partial charge in [-0.25, -0.2) is 4.79 Å². The summed E-state index contributed by atoms with van der Waals surface area (Å²) in [5.41, 5.74) is 0. The molecule has 0 heterocycles. The lowest BCUT2D eigenvalue weighted by molar-refractivity contribution is -0.145. The van der Waals surface area contributed by atoms with Crippen LogP contribution in [0.15, 0.2) is 0 Å². The summed E-state index contributed by atoms with van der Waals surface area (Å²) in [6.07, 6.45) is 1.50. The van der Waals surface area contributed by atoms with E-state index >= 15 is 0 Å². The van der Waals surface area contributed by atoms with Gasteiger partial charge in [-0.05, 0) is 12.3 Å². The molecule has 0 bridgehead atoms. The van der Waals surface area contributed by atoms with Crippen molar-refractivity contribution in [2.45, 2.75) is 46.6 Å². The van der Waals surface area contributed by atoms with Gasteiger partial charge in [-0.1, -0.05) is 34.1 Å². The largest absolute Gasteiger partial charge is 0.467 e. The van der Waals surface area contributed by atoms with Gasteiger partial charge in [0.15, 0.2) is 0 Å². The molecule has 1 amide bonds. The number of amides is 1. The molecule has 0 aliphatic rings. The van der Waals surface area contributed by atoms with Crippen LogP contribution in [0.4, 0.5) is 0 Å². The van der Waals surface area contributed by atoms with Crippen LogP contribution >= 0.6 is 0 Å². The lowest BCUT2D eigenvalue weighted by Gasteiger charge is -2.21. The Kier molecular flexibility index (Phi) is 6.77. The molecule has 0 aliphatic heterocycles. The van der Waals surface area contributed by atoms with Crippen LogP contribution < -0.4 is 5.32 Å². The van der Waals surface area contributed by atoms with Crippen LogP contribution in [0, 0.1) is 11.8 Å². The summed E-state index contributed by atoms with van der Waals surface area (Å²) >= 11 is 0. The van der Waals surface area contributed by atoms with Crippen molar-refractivity contribution in [2.75, 3.05) is 7.11 Å². The van der Waals surface area contributed by atoms with E-state index in [1.54, 1.807) is 0 Å². The molecule has 0 aromatic rings. The van der Waals surface area contributed by atoms with Crippen LogP contribution in [0.25, 0.3) is 0 Å². The van der Waals surface area contributed by atoms with Gasteiger partial charge >= 0.3 is 5.97 Å². The zero-order valence-electron chi connectivity index (χ0n) is 10.9. The lowest BCUT2D eigenvalue weighted by Crippen LogP contribution is -2.44. The molecule has 0 fully saturated rings. The highest BCUT2D eigenvalue weighted by Gasteiger charge is 2.24. The monoisotopic (exact) mass is 229 g/mol. The average molecular weight is 229 g/mol. The summed E-state index contributed by atoms with van der Waals surface area (Å²) in [6.45, 7) is 7.80. The van der Waals surface area contributed by atoms with Crippen molar-refractivity contribution in [3.63, 3.8) is 0 Å². The van der Waals surface area contributed by atoms with E-state index < -0.39 is 6.04 Å². The van der Waals surface area contributed by atoms with Crippen molar-refractivity contribution >= 4 is 11.9 Å². The maximum absolute atomic E-state index is 11.8. The van der Waals surface area contributed by atoms with Crippen molar-refractivity contribution in [3.8, 4) is 0 Å². The smallest absolute Gasteiger partial charge is 0.328 e. The van der Waals surface area contributed by atoms with Gasteiger partial charge in [0.2, 0.25) is 5.91 Å². The molecule has 0 aromatic carbocycles. The molecular weight excluding hydrogens is 206 g/mol. The molecule has 0 rings (SSSR count). The molecule has 94 valence electrons. The summed E-state index contributed by atoms with van der Waals surface area (Å²) in [7, 11) is 1.33. The van der Waals surface area contributed by atoms with Gasteiger partial charge in [-0.2, -0.15) is 0 Å². The summed E-state index contributed by atoms with van der Waals surface area (Å²) < 4.78 is 4.62. The summed E-state index contributed by atoms with van der Waals surface area (Å²) in [4.78, 5) is 23.1. The van der Waals surface area contributed by atoms with Crippen molar-refractivity contribution in [3.05, 3.63) is 0 Å². The van der Waals surface area contributed by atoms with E-state index in [-0.39, 0.29) is 17.8 Å². The Morgan fingerprint density at radius 2 is 1.75 bits per heavy atom. The highest BCUT2D eigenvalue weighted by atomic mass is 16.5. The number of hydrogen-bond acceptors (Lipinski definition) is 3. The molecule has 16 heavy (non-hydrogen) atoms. The number of nitrogens with one attached hydrogen (secondary N) is 1. The average Bonchev–Trinajstić information content (AvgIpc) is 2.32. The van der Waals surface area contributed by atoms with E-state index in [9.17, 15) is 9.59 Å². The quantitative estimate of drug-likeness (QED) is 0.706. The van der Waals surface area contributed by atoms with E-state index in [0.717, 1.165) is 6.42 Å². The molecule has 4 nitrogen and oxygen atoms in total. The first kappa shape index (κ1) is 14.9. The standard InChI is InChI=1S/C12H23NO3/c1-6-8(3)9(4)11(14)13-10(7-2)12(15)16-5/h8-10H,6-7H2,1-5H3,(H,13,14)/t8?,9-,10?/m0/s1. The highest BCUT2D eigenvalue weighted by Crippen LogP contribution is 2.14. The Hall–Kier alpha value is -1.06. The van der Waals surface area contributed by atoms with Crippen molar-refractivity contribution in [1.29, 1.82) is 0 Å². The second kappa shape index (κ2) is 7.25. The highest BCUT2D eigenvalue weighted by molar-refractivity contribution is 5.85. The maximum atomic E-state index is 11.8. The number of rotatable bonds is 6. The molecule has 2 unspecified atom stereocenters. The van der Waals surface area contributed by atoms with Gasteiger partial charge < -0.3 is 10.1 Å². The molecule has 4 heteroatoms. The Morgan fingerprint density at radius 1 is 1.19 bits per heavy atom. The first-order valence-electron chi connectivity index (χ1n) is 5.86. The predicted octanol–water partition coefficient (Wildman–Crippen LogP) is 1.74. The van der Waals surface area contributed by atoms with Crippen LogP contribution in [0.5, 0.6) is 0 Å². The number of hydrogen-bond donors (Lipinski definition) is 1. The van der Waals surface area contributed by atoms with Crippen LogP contribution in [0.3, 0.4) is 0 Å². The first-order chi connectivity index (χ1) is 7.47. The zero-order chi connectivity index (χ0) is 12.7. The number of carbonyl (C=O) groups excluding carboxylic acids is 2. The minimum atomic E-state index is -0.524. The fourth-order valence-corrected chi connectivity index (χ4v) is 1.39. The molecule has 0 aromatic heterocycles. The predicted molar refractivity (Wildman–Crippen MR) is 62.9 cm³/mol. The number of ether oxygens (including phenoxy) is 1. The Bertz CT molecular complexity index is 240. The molecule has 0 spiro atoms. The Labute approximate surface area is 97.7 Å². The van der Waals surface area contributed by atoms with Crippen molar-refractivity contribution in [1.82, 2.24) is 5.32 Å². The van der Waals surface area contributed by atoms with Gasteiger partial charge in [-0.15, -0.1) is 0 Å². The van der Waals surface area contributed by atoms with Gasteiger partial charge in [0, 0.05) is 5.92 Å². The van der Waals surface area contributed by atoms with Gasteiger partial charge in [0.05, 0.1) is 7.11 Å². The summed E-state index contributed by atoms with van der Waals surface area (Å²) in [5.74, 6) is -0.224. The molecule has 0 aliphatic carbocycles. The lowest BCUT2D eigenvalue weighted by atomic mass is 9.92. The van der Waals surface area contributed by atoms with Crippen LogP contribution in [-0.4, -0.2) is 25.0 Å². The molecule has 0 saturated carbocycles. The minimum Gasteiger partial charge on any atom is -0.467 e. The topological polar surface area (TPSA) is 55.4 Å². The van der Waals surface area contributed by atoms with Crippen molar-refractivity contribution < 1.29 is 14.3 Å². The Morgan fingerprint density at radius 3 is 2.12 bits per heavy atom. The maximum Gasteiger partial charge on any atom is 0.328 e. The minimum absolute atomic E-state index is 0.0772. The third kappa shape index (κ3) is 4.21. The fraction of sp³-hybridized carbons (Fsp3) is 0.833. The van der Waals surface area contributed by atoms with E-state index in [4.69, 9.17) is 0 Å². The van der Waals surface area contributed by atoms with E-state index in [2.05, 4.69) is 10.1 Å².